The monoisotopic (exact) mass is 652 g/mol. The van der Waals surface area contributed by atoms with Crippen molar-refractivity contribution in [1.29, 1.82) is 0 Å². The van der Waals surface area contributed by atoms with Crippen molar-refractivity contribution in [2.24, 2.45) is 0 Å². The maximum absolute atomic E-state index is 14.3. The van der Waals surface area contributed by atoms with Crippen molar-refractivity contribution in [2.75, 3.05) is 42.7 Å². The molecule has 3 N–H and O–H groups in total. The average molecular weight is 653 g/mol. The van der Waals surface area contributed by atoms with Crippen LogP contribution in [0.2, 0.25) is 0 Å². The topological polar surface area (TPSA) is 125 Å². The molecule has 2 aliphatic rings. The molecule has 250 valence electrons. The van der Waals surface area contributed by atoms with E-state index in [-0.39, 0.29) is 29.5 Å². The number of nitrogens with one attached hydrogen (secondary N) is 3. The van der Waals surface area contributed by atoms with Crippen LogP contribution < -0.4 is 20.7 Å². The zero-order valence-corrected chi connectivity index (χ0v) is 26.9. The molecule has 5 rings (SSSR count). The molecule has 1 saturated carbocycles. The summed E-state index contributed by atoms with van der Waals surface area (Å²) in [7, 11) is 1.46. The highest BCUT2D eigenvalue weighted by Gasteiger charge is 2.36. The third-order valence-corrected chi connectivity index (χ3v) is 8.75. The van der Waals surface area contributed by atoms with Crippen molar-refractivity contribution in [2.45, 2.75) is 64.7 Å². The Bertz CT molecular complexity index is 1660. The number of benzene rings is 1. The first-order chi connectivity index (χ1) is 22.4. The van der Waals surface area contributed by atoms with Gasteiger partial charge in [0, 0.05) is 57.6 Å². The Balaban J connectivity index is 1.55. The standard InChI is InChI=1S/C33H39F3N8O3/c1-6-27(46)41-30-25(11-10-23(29(30)22-8-7-9-22)18-43-12-13-44(21(4)45)17-20(43)3)39-31-24(33(34,35)36)16-38-32(42-31)40-26-14-28(47-5)37-15-19(26)2/h6,10-11,14-16,20,22H,1,7-9,12-13,17-18H2,2-5H3,(H,41,46)(H2,37,38,39,40,42). The molecule has 11 nitrogen and oxygen atoms in total. The number of halogens is 3. The molecule has 1 aliphatic heterocycles. The Morgan fingerprint density at radius 1 is 1.13 bits per heavy atom. The number of aryl methyl sites for hydroxylation is 1. The number of nitrogens with zero attached hydrogens (tertiary/aromatic N) is 5. The number of alkyl halides is 3. The van der Waals surface area contributed by atoms with Gasteiger partial charge in [0.25, 0.3) is 0 Å². The van der Waals surface area contributed by atoms with Crippen molar-refractivity contribution >= 4 is 40.6 Å². The molecule has 1 unspecified atom stereocenters. The Labute approximate surface area is 271 Å². The van der Waals surface area contributed by atoms with Gasteiger partial charge in [0.15, 0.2) is 0 Å². The molecule has 1 aliphatic carbocycles. The molecule has 0 spiro atoms. The third kappa shape index (κ3) is 7.64. The van der Waals surface area contributed by atoms with Crippen LogP contribution in [-0.2, 0) is 22.3 Å². The van der Waals surface area contributed by atoms with Crippen molar-refractivity contribution in [3.63, 3.8) is 0 Å². The molecule has 3 aromatic rings. The zero-order chi connectivity index (χ0) is 33.9. The molecule has 2 fully saturated rings. The van der Waals surface area contributed by atoms with Crippen LogP contribution in [0.4, 0.5) is 42.0 Å². The van der Waals surface area contributed by atoms with E-state index in [0.717, 1.165) is 42.7 Å². The van der Waals surface area contributed by atoms with Crippen LogP contribution in [0.1, 0.15) is 61.3 Å². The van der Waals surface area contributed by atoms with Crippen LogP contribution in [0.3, 0.4) is 0 Å². The number of methoxy groups -OCH3 is 1. The lowest BCUT2D eigenvalue weighted by Gasteiger charge is -2.40. The number of aromatic nitrogens is 3. The van der Waals surface area contributed by atoms with Crippen LogP contribution in [-0.4, -0.2) is 69.4 Å². The van der Waals surface area contributed by atoms with E-state index in [9.17, 15) is 22.8 Å². The molecule has 0 bridgehead atoms. The number of ether oxygens (including phenoxy) is 1. The van der Waals surface area contributed by atoms with E-state index in [1.807, 2.05) is 11.0 Å². The van der Waals surface area contributed by atoms with Gasteiger partial charge in [-0.1, -0.05) is 19.1 Å². The van der Waals surface area contributed by atoms with Crippen LogP contribution >= 0.6 is 0 Å². The van der Waals surface area contributed by atoms with E-state index in [2.05, 4.69) is 49.3 Å². The van der Waals surface area contributed by atoms with E-state index in [1.165, 1.54) is 7.11 Å². The number of carbonyl (C=O) groups excluding carboxylic acids is 2. The first kappa shape index (κ1) is 33.6. The maximum Gasteiger partial charge on any atom is 0.421 e. The van der Waals surface area contributed by atoms with Gasteiger partial charge in [-0.2, -0.15) is 18.2 Å². The normalized spacial score (nSPS) is 17.1. The van der Waals surface area contributed by atoms with Gasteiger partial charge < -0.3 is 25.6 Å². The maximum atomic E-state index is 14.3. The number of hydrogen-bond acceptors (Lipinski definition) is 9. The minimum atomic E-state index is -4.77. The Kier molecular flexibility index (Phi) is 9.99. The summed E-state index contributed by atoms with van der Waals surface area (Å²) in [6.45, 7) is 11.4. The summed E-state index contributed by atoms with van der Waals surface area (Å²) in [6, 6.07) is 5.25. The van der Waals surface area contributed by atoms with Crippen LogP contribution in [0.15, 0.2) is 43.2 Å². The summed E-state index contributed by atoms with van der Waals surface area (Å²) in [6.07, 6.45) is 1.40. The molecule has 1 atom stereocenters. The lowest BCUT2D eigenvalue weighted by atomic mass is 9.77. The average Bonchev–Trinajstić information content (AvgIpc) is 3.00. The zero-order valence-electron chi connectivity index (χ0n) is 26.9. The quantitative estimate of drug-likeness (QED) is 0.222. The number of anilines is 5. The van der Waals surface area contributed by atoms with E-state index in [1.54, 1.807) is 32.2 Å². The Morgan fingerprint density at radius 3 is 2.51 bits per heavy atom. The first-order valence-electron chi connectivity index (χ1n) is 15.5. The van der Waals surface area contributed by atoms with E-state index < -0.39 is 23.5 Å². The van der Waals surface area contributed by atoms with Gasteiger partial charge in [-0.3, -0.25) is 14.5 Å². The number of amides is 2. The van der Waals surface area contributed by atoms with Gasteiger partial charge in [-0.15, -0.1) is 0 Å². The lowest BCUT2D eigenvalue weighted by Crippen LogP contribution is -2.52. The number of carbonyl (C=O) groups is 2. The number of rotatable bonds is 10. The Hall–Kier alpha value is -4.72. The minimum absolute atomic E-state index is 0.0356. The van der Waals surface area contributed by atoms with Crippen LogP contribution in [0, 0.1) is 6.92 Å². The fraction of sp³-hybridized carbons (Fsp3) is 0.424. The lowest BCUT2D eigenvalue weighted by molar-refractivity contribution is -0.137. The predicted molar refractivity (Wildman–Crippen MR) is 173 cm³/mol. The van der Waals surface area contributed by atoms with E-state index in [4.69, 9.17) is 4.74 Å². The number of hydrogen-bond donors (Lipinski definition) is 3. The van der Waals surface area contributed by atoms with Crippen molar-refractivity contribution in [3.8, 4) is 5.88 Å². The van der Waals surface area contributed by atoms with Gasteiger partial charge in [-0.25, -0.2) is 9.97 Å². The van der Waals surface area contributed by atoms with Gasteiger partial charge in [0.05, 0.1) is 24.2 Å². The SMILES string of the molecule is C=CC(=O)Nc1c(Nc2nc(Nc3cc(OC)ncc3C)ncc2C(F)(F)F)ccc(CN2CCN(C(C)=O)CC2C)c1C1CCC1. The molecule has 14 heteroatoms. The predicted octanol–water partition coefficient (Wildman–Crippen LogP) is 6.14. The summed E-state index contributed by atoms with van der Waals surface area (Å²) < 4.78 is 48.0. The fourth-order valence-electron chi connectivity index (χ4n) is 5.86. The van der Waals surface area contributed by atoms with Crippen molar-refractivity contribution in [3.05, 3.63) is 65.5 Å². The second kappa shape index (κ2) is 14.0. The second-order valence-corrected chi connectivity index (χ2v) is 11.9. The molecule has 2 amide bonds. The molecule has 0 radical (unpaired) electrons. The minimum Gasteiger partial charge on any atom is -0.481 e. The highest BCUT2D eigenvalue weighted by molar-refractivity contribution is 6.02. The van der Waals surface area contributed by atoms with Gasteiger partial charge in [0.2, 0.25) is 23.6 Å². The number of pyridine rings is 1. The van der Waals surface area contributed by atoms with Gasteiger partial charge >= 0.3 is 6.18 Å². The summed E-state index contributed by atoms with van der Waals surface area (Å²) >= 11 is 0. The molecule has 2 aromatic heterocycles. The van der Waals surface area contributed by atoms with Crippen molar-refractivity contribution < 1.29 is 27.5 Å². The van der Waals surface area contributed by atoms with Crippen molar-refractivity contribution in [1.82, 2.24) is 24.8 Å². The van der Waals surface area contributed by atoms with Gasteiger partial charge in [0.1, 0.15) is 11.4 Å². The third-order valence-electron chi connectivity index (χ3n) is 8.75. The molecule has 3 heterocycles. The first-order valence-corrected chi connectivity index (χ1v) is 15.5. The summed E-state index contributed by atoms with van der Waals surface area (Å²) in [4.78, 5) is 41.1. The smallest absolute Gasteiger partial charge is 0.421 e. The Morgan fingerprint density at radius 2 is 1.89 bits per heavy atom. The number of piperazine rings is 1. The van der Waals surface area contributed by atoms with Crippen LogP contribution in [0.25, 0.3) is 0 Å². The molecule has 1 aromatic carbocycles. The fourth-order valence-corrected chi connectivity index (χ4v) is 5.86. The molecule has 1 saturated heterocycles. The van der Waals surface area contributed by atoms with E-state index >= 15 is 0 Å². The highest BCUT2D eigenvalue weighted by atomic mass is 19.4. The molecular weight excluding hydrogens is 613 g/mol. The molecular formula is C33H39F3N8O3. The largest absolute Gasteiger partial charge is 0.481 e. The molecule has 47 heavy (non-hydrogen) atoms. The summed E-state index contributed by atoms with van der Waals surface area (Å²) in [5.74, 6) is -0.599. The van der Waals surface area contributed by atoms with Crippen LogP contribution in [0.5, 0.6) is 5.88 Å². The van der Waals surface area contributed by atoms with Gasteiger partial charge in [-0.05, 0) is 61.4 Å². The highest BCUT2D eigenvalue weighted by Crippen LogP contribution is 2.46. The summed E-state index contributed by atoms with van der Waals surface area (Å²) in [5.41, 5.74) is 2.64. The van der Waals surface area contributed by atoms with E-state index in [0.29, 0.717) is 49.0 Å². The summed E-state index contributed by atoms with van der Waals surface area (Å²) in [5, 5.41) is 8.74. The second-order valence-electron chi connectivity index (χ2n) is 11.9.